The van der Waals surface area contributed by atoms with E-state index in [1.165, 1.54) is 11.8 Å². The van der Waals surface area contributed by atoms with Crippen LogP contribution in [0.15, 0.2) is 22.1 Å². The molecule has 0 saturated heterocycles. The van der Waals surface area contributed by atoms with Gasteiger partial charge in [0, 0.05) is 31.6 Å². The molecule has 0 spiro atoms. The third-order valence-electron chi connectivity index (χ3n) is 3.84. The van der Waals surface area contributed by atoms with Crippen molar-refractivity contribution in [3.05, 3.63) is 56.0 Å². The van der Waals surface area contributed by atoms with Crippen LogP contribution in [0.4, 0.5) is 8.78 Å². The van der Waals surface area contributed by atoms with E-state index < -0.39 is 11.6 Å². The van der Waals surface area contributed by atoms with E-state index in [-0.39, 0.29) is 22.7 Å². The number of halogens is 3. The summed E-state index contributed by atoms with van der Waals surface area (Å²) in [5.41, 5.74) is 1.26. The fraction of sp³-hybridized carbons (Fsp3) is 0.333. The van der Waals surface area contributed by atoms with Gasteiger partial charge in [-0.15, -0.1) is 0 Å². The fourth-order valence-electron chi connectivity index (χ4n) is 2.63. The van der Waals surface area contributed by atoms with Crippen molar-refractivity contribution in [2.24, 2.45) is 0 Å². The number of benzene rings is 1. The van der Waals surface area contributed by atoms with Crippen LogP contribution in [-0.4, -0.2) is 27.7 Å². The van der Waals surface area contributed by atoms with E-state index in [0.29, 0.717) is 30.2 Å². The third kappa shape index (κ3) is 3.27. The van der Waals surface area contributed by atoms with Gasteiger partial charge in [0.1, 0.15) is 11.6 Å². The van der Waals surface area contributed by atoms with Crippen LogP contribution in [0.5, 0.6) is 0 Å². The Hall–Kier alpha value is -1.44. The number of H-pyrrole nitrogens is 1. The number of nitrogens with zero attached hydrogens (tertiary/aromatic N) is 2. The van der Waals surface area contributed by atoms with Crippen molar-refractivity contribution in [3.8, 4) is 0 Å². The van der Waals surface area contributed by atoms with Gasteiger partial charge < -0.3 is 4.98 Å². The summed E-state index contributed by atoms with van der Waals surface area (Å²) in [7, 11) is 0. The first-order chi connectivity index (χ1) is 11.0. The Balaban J connectivity index is 1.86. The summed E-state index contributed by atoms with van der Waals surface area (Å²) in [5, 5.41) is 0.377. The Kier molecular flexibility index (Phi) is 4.70. The molecule has 122 valence electrons. The summed E-state index contributed by atoms with van der Waals surface area (Å²) < 4.78 is 27.4. The molecule has 0 radical (unpaired) electrons. The van der Waals surface area contributed by atoms with Gasteiger partial charge in [-0.05, 0) is 18.4 Å². The zero-order valence-corrected chi connectivity index (χ0v) is 13.9. The maximum atomic E-state index is 13.9. The van der Waals surface area contributed by atoms with Crippen molar-refractivity contribution in [2.75, 3.05) is 12.8 Å². The molecule has 0 unspecified atom stereocenters. The van der Waals surface area contributed by atoms with Crippen LogP contribution in [0, 0.1) is 11.6 Å². The molecule has 0 bridgehead atoms. The highest BCUT2D eigenvalue weighted by Gasteiger charge is 2.23. The molecule has 0 fully saturated rings. The van der Waals surface area contributed by atoms with Crippen LogP contribution in [0.3, 0.4) is 0 Å². The van der Waals surface area contributed by atoms with E-state index in [4.69, 9.17) is 11.6 Å². The Morgan fingerprint density at radius 3 is 2.87 bits per heavy atom. The minimum Gasteiger partial charge on any atom is -0.301 e. The molecule has 1 aromatic carbocycles. The normalized spacial score (nSPS) is 14.8. The average Bonchev–Trinajstić information content (AvgIpc) is 2.55. The van der Waals surface area contributed by atoms with Gasteiger partial charge in [0.25, 0.3) is 5.56 Å². The number of hydrogen-bond donors (Lipinski definition) is 1. The van der Waals surface area contributed by atoms with Gasteiger partial charge in [0.05, 0.1) is 16.3 Å². The Morgan fingerprint density at radius 1 is 1.39 bits per heavy atom. The van der Waals surface area contributed by atoms with Crippen molar-refractivity contribution in [1.82, 2.24) is 14.9 Å². The highest BCUT2D eigenvalue weighted by atomic mass is 35.5. The second-order valence-electron chi connectivity index (χ2n) is 5.28. The molecule has 0 aliphatic carbocycles. The van der Waals surface area contributed by atoms with Crippen LogP contribution in [0.1, 0.15) is 16.8 Å². The van der Waals surface area contributed by atoms with Crippen LogP contribution in [0.2, 0.25) is 5.02 Å². The first kappa shape index (κ1) is 16.4. The summed E-state index contributed by atoms with van der Waals surface area (Å²) in [6, 6.07) is 2.07. The minimum absolute atomic E-state index is 0.111. The largest absolute Gasteiger partial charge is 0.301 e. The first-order valence-electron chi connectivity index (χ1n) is 7.00. The molecule has 0 atom stereocenters. The molecular weight excluding hydrogens is 344 g/mol. The predicted octanol–water partition coefficient (Wildman–Crippen LogP) is 2.98. The smallest absolute Gasteiger partial charge is 0.256 e. The Morgan fingerprint density at radius 2 is 2.13 bits per heavy atom. The van der Waals surface area contributed by atoms with Gasteiger partial charge >= 0.3 is 0 Å². The second kappa shape index (κ2) is 6.59. The van der Waals surface area contributed by atoms with Gasteiger partial charge in [-0.2, -0.15) is 0 Å². The number of nitrogens with one attached hydrogen (secondary N) is 1. The van der Waals surface area contributed by atoms with Crippen molar-refractivity contribution in [3.63, 3.8) is 0 Å². The monoisotopic (exact) mass is 357 g/mol. The van der Waals surface area contributed by atoms with E-state index in [9.17, 15) is 13.6 Å². The standard InChI is InChI=1S/C15H14ClF2N3OS/c1-23-15-19-12-4-5-21(7-9(12)14(22)20-15)6-8-10(17)2-3-11(18)13(8)16/h2-3H,4-7H2,1H3,(H,19,20,22). The lowest BCUT2D eigenvalue weighted by molar-refractivity contribution is 0.237. The molecule has 0 amide bonds. The third-order valence-corrected chi connectivity index (χ3v) is 4.83. The molecular formula is C15H14ClF2N3OS. The molecule has 0 saturated carbocycles. The van der Waals surface area contributed by atoms with E-state index in [2.05, 4.69) is 9.97 Å². The Labute approximate surface area is 140 Å². The van der Waals surface area contributed by atoms with Gasteiger partial charge in [-0.3, -0.25) is 9.69 Å². The van der Waals surface area contributed by atoms with Gasteiger partial charge in [0.2, 0.25) is 0 Å². The second-order valence-corrected chi connectivity index (χ2v) is 6.46. The SMILES string of the molecule is CSc1nc2c(c(=O)[nH]1)CN(Cc1c(F)ccc(F)c1Cl)CC2. The lowest BCUT2D eigenvalue weighted by Gasteiger charge is -2.28. The average molecular weight is 358 g/mol. The number of fused-ring (bicyclic) bond motifs is 1. The van der Waals surface area contributed by atoms with E-state index in [0.717, 1.165) is 17.8 Å². The van der Waals surface area contributed by atoms with Gasteiger partial charge in [-0.25, -0.2) is 13.8 Å². The van der Waals surface area contributed by atoms with E-state index in [1.807, 2.05) is 11.2 Å². The molecule has 1 N–H and O–H groups in total. The van der Waals surface area contributed by atoms with Crippen molar-refractivity contribution in [2.45, 2.75) is 24.7 Å². The first-order valence-corrected chi connectivity index (χ1v) is 8.60. The summed E-state index contributed by atoms with van der Waals surface area (Å²) >= 11 is 7.24. The highest BCUT2D eigenvalue weighted by Crippen LogP contribution is 2.26. The van der Waals surface area contributed by atoms with Crippen molar-refractivity contribution in [1.29, 1.82) is 0 Å². The van der Waals surface area contributed by atoms with Crippen LogP contribution >= 0.6 is 23.4 Å². The number of aromatic amines is 1. The maximum absolute atomic E-state index is 13.9. The van der Waals surface area contributed by atoms with Crippen molar-refractivity contribution >= 4 is 23.4 Å². The van der Waals surface area contributed by atoms with Crippen LogP contribution in [0.25, 0.3) is 0 Å². The van der Waals surface area contributed by atoms with Gasteiger partial charge in [0.15, 0.2) is 5.16 Å². The van der Waals surface area contributed by atoms with Crippen LogP contribution < -0.4 is 5.56 Å². The van der Waals surface area contributed by atoms with E-state index in [1.54, 1.807) is 0 Å². The molecule has 3 rings (SSSR count). The summed E-state index contributed by atoms with van der Waals surface area (Å²) in [4.78, 5) is 21.1. The zero-order chi connectivity index (χ0) is 16.6. The lowest BCUT2D eigenvalue weighted by Crippen LogP contribution is -2.35. The molecule has 1 aliphatic rings. The molecule has 2 heterocycles. The number of rotatable bonds is 3. The number of thioether (sulfide) groups is 1. The zero-order valence-electron chi connectivity index (χ0n) is 12.3. The lowest BCUT2D eigenvalue weighted by atomic mass is 10.1. The quantitative estimate of drug-likeness (QED) is 0.521. The molecule has 8 heteroatoms. The topological polar surface area (TPSA) is 49.0 Å². The summed E-state index contributed by atoms with van der Waals surface area (Å²) in [5.74, 6) is -1.20. The van der Waals surface area contributed by atoms with E-state index >= 15 is 0 Å². The molecule has 1 aromatic heterocycles. The minimum atomic E-state index is -0.649. The molecule has 2 aromatic rings. The fourth-order valence-corrected chi connectivity index (χ4v) is 3.24. The predicted molar refractivity (Wildman–Crippen MR) is 85.8 cm³/mol. The molecule has 4 nitrogen and oxygen atoms in total. The van der Waals surface area contributed by atoms with Crippen LogP contribution in [-0.2, 0) is 19.5 Å². The number of aromatic nitrogens is 2. The Bertz CT molecular complexity index is 812. The summed E-state index contributed by atoms with van der Waals surface area (Å²) in [6.07, 6.45) is 2.43. The highest BCUT2D eigenvalue weighted by molar-refractivity contribution is 7.98. The van der Waals surface area contributed by atoms with Gasteiger partial charge in [-0.1, -0.05) is 23.4 Å². The molecule has 23 heavy (non-hydrogen) atoms. The molecule has 1 aliphatic heterocycles. The number of hydrogen-bond acceptors (Lipinski definition) is 4. The maximum Gasteiger partial charge on any atom is 0.256 e. The summed E-state index contributed by atoms with van der Waals surface area (Å²) in [6.45, 7) is 1.08. The van der Waals surface area contributed by atoms with Crippen molar-refractivity contribution < 1.29 is 8.78 Å².